The van der Waals surface area contributed by atoms with Gasteiger partial charge in [0, 0.05) is 11.1 Å². The zero-order valence-electron chi connectivity index (χ0n) is 10.2. The van der Waals surface area contributed by atoms with Crippen LogP contribution in [0.2, 0.25) is 4.34 Å². The standard InChI is InChI=1S/C12H10ClN5OS/c13-9-4-3-7(20-9)6-18-12-8(2-1-5-15-12)10(16-18)11(14)17-19/h1-5,19H,6H2,(H2,14,17). The van der Waals surface area contributed by atoms with Crippen LogP contribution >= 0.6 is 22.9 Å². The van der Waals surface area contributed by atoms with Crippen LogP contribution in [-0.4, -0.2) is 25.8 Å². The average molecular weight is 308 g/mol. The molecule has 0 bridgehead atoms. The van der Waals surface area contributed by atoms with Crippen molar-refractivity contribution in [3.63, 3.8) is 0 Å². The summed E-state index contributed by atoms with van der Waals surface area (Å²) in [5, 5.41) is 16.9. The van der Waals surface area contributed by atoms with E-state index in [1.54, 1.807) is 16.9 Å². The van der Waals surface area contributed by atoms with Gasteiger partial charge in [0.2, 0.25) is 0 Å². The molecule has 3 aromatic rings. The number of amidine groups is 1. The summed E-state index contributed by atoms with van der Waals surface area (Å²) in [6, 6.07) is 7.39. The van der Waals surface area contributed by atoms with Crippen LogP contribution in [0.25, 0.3) is 11.0 Å². The normalized spacial score (nSPS) is 12.2. The first kappa shape index (κ1) is 12.9. The van der Waals surface area contributed by atoms with E-state index < -0.39 is 0 Å². The average Bonchev–Trinajstić information content (AvgIpc) is 3.03. The summed E-state index contributed by atoms with van der Waals surface area (Å²) < 4.78 is 2.44. The lowest BCUT2D eigenvalue weighted by atomic mass is 10.2. The van der Waals surface area contributed by atoms with Crippen molar-refractivity contribution in [1.29, 1.82) is 0 Å². The molecule has 3 aromatic heterocycles. The molecule has 102 valence electrons. The first-order valence-corrected chi connectivity index (χ1v) is 6.92. The molecule has 0 amide bonds. The Labute approximate surface area is 123 Å². The van der Waals surface area contributed by atoms with Gasteiger partial charge in [-0.2, -0.15) is 5.10 Å². The van der Waals surface area contributed by atoms with Gasteiger partial charge in [-0.1, -0.05) is 16.8 Å². The molecule has 0 radical (unpaired) electrons. The number of oxime groups is 1. The third-order valence-corrected chi connectivity index (χ3v) is 4.01. The van der Waals surface area contributed by atoms with E-state index in [1.165, 1.54) is 11.3 Å². The molecule has 20 heavy (non-hydrogen) atoms. The highest BCUT2D eigenvalue weighted by atomic mass is 35.5. The number of halogens is 1. The molecular formula is C12H10ClN5OS. The lowest BCUT2D eigenvalue weighted by Crippen LogP contribution is -2.14. The summed E-state index contributed by atoms with van der Waals surface area (Å²) in [4.78, 5) is 5.35. The lowest BCUT2D eigenvalue weighted by Gasteiger charge is -1.99. The van der Waals surface area contributed by atoms with E-state index in [4.69, 9.17) is 22.5 Å². The number of thiophene rings is 1. The Morgan fingerprint density at radius 3 is 3.00 bits per heavy atom. The fourth-order valence-electron chi connectivity index (χ4n) is 1.94. The summed E-state index contributed by atoms with van der Waals surface area (Å²) in [7, 11) is 0. The molecule has 0 aromatic carbocycles. The fraction of sp³-hybridized carbons (Fsp3) is 0.0833. The maximum absolute atomic E-state index is 8.83. The van der Waals surface area contributed by atoms with Crippen LogP contribution in [-0.2, 0) is 6.54 Å². The second kappa shape index (κ2) is 5.10. The number of aromatic nitrogens is 3. The Morgan fingerprint density at radius 2 is 2.30 bits per heavy atom. The molecule has 0 spiro atoms. The second-order valence-electron chi connectivity index (χ2n) is 4.07. The van der Waals surface area contributed by atoms with Crippen LogP contribution in [0.15, 0.2) is 35.6 Å². The van der Waals surface area contributed by atoms with Gasteiger partial charge in [-0.15, -0.1) is 11.3 Å². The van der Waals surface area contributed by atoms with Gasteiger partial charge in [-0.3, -0.25) is 0 Å². The van der Waals surface area contributed by atoms with Crippen molar-refractivity contribution < 1.29 is 5.21 Å². The summed E-state index contributed by atoms with van der Waals surface area (Å²) in [5.74, 6) is -0.0361. The van der Waals surface area contributed by atoms with Crippen LogP contribution in [0.3, 0.4) is 0 Å². The van der Waals surface area contributed by atoms with Crippen molar-refractivity contribution in [1.82, 2.24) is 14.8 Å². The first-order valence-electron chi connectivity index (χ1n) is 5.72. The van der Waals surface area contributed by atoms with E-state index in [0.717, 1.165) is 14.6 Å². The Hall–Kier alpha value is -2.12. The Balaban J connectivity index is 2.11. The van der Waals surface area contributed by atoms with E-state index in [2.05, 4.69) is 15.2 Å². The predicted octanol–water partition coefficient (Wildman–Crippen LogP) is 2.29. The highest BCUT2D eigenvalue weighted by Gasteiger charge is 2.15. The zero-order chi connectivity index (χ0) is 14.1. The molecule has 0 aliphatic heterocycles. The largest absolute Gasteiger partial charge is 0.409 e. The third kappa shape index (κ3) is 2.21. The van der Waals surface area contributed by atoms with Gasteiger partial charge in [0.25, 0.3) is 0 Å². The maximum Gasteiger partial charge on any atom is 0.191 e. The molecule has 0 unspecified atom stereocenters. The number of nitrogens with zero attached hydrogens (tertiary/aromatic N) is 4. The Kier molecular flexibility index (Phi) is 3.29. The zero-order valence-corrected chi connectivity index (χ0v) is 11.8. The van der Waals surface area contributed by atoms with Crippen molar-refractivity contribution in [3.05, 3.63) is 45.4 Å². The van der Waals surface area contributed by atoms with E-state index in [9.17, 15) is 0 Å². The summed E-state index contributed by atoms with van der Waals surface area (Å²) in [6.07, 6.45) is 1.68. The Bertz CT molecular complexity index is 794. The molecule has 6 nitrogen and oxygen atoms in total. The van der Waals surface area contributed by atoms with Gasteiger partial charge in [0.15, 0.2) is 11.5 Å². The molecule has 0 aliphatic carbocycles. The Morgan fingerprint density at radius 1 is 1.45 bits per heavy atom. The molecule has 0 saturated carbocycles. The van der Waals surface area contributed by atoms with Gasteiger partial charge < -0.3 is 10.9 Å². The van der Waals surface area contributed by atoms with Gasteiger partial charge in [0.1, 0.15) is 5.69 Å². The highest BCUT2D eigenvalue weighted by molar-refractivity contribution is 7.16. The summed E-state index contributed by atoms with van der Waals surface area (Å²) >= 11 is 7.40. The van der Waals surface area contributed by atoms with Crippen LogP contribution in [0.4, 0.5) is 0 Å². The quantitative estimate of drug-likeness (QED) is 0.336. The van der Waals surface area contributed by atoms with Crippen molar-refractivity contribution in [2.24, 2.45) is 10.9 Å². The molecule has 0 atom stereocenters. The van der Waals surface area contributed by atoms with Gasteiger partial charge >= 0.3 is 0 Å². The van der Waals surface area contributed by atoms with Gasteiger partial charge in [0.05, 0.1) is 16.3 Å². The molecular weight excluding hydrogens is 298 g/mol. The number of pyridine rings is 1. The van der Waals surface area contributed by atoms with Crippen LogP contribution < -0.4 is 5.73 Å². The molecule has 0 fully saturated rings. The van der Waals surface area contributed by atoms with Crippen LogP contribution in [0, 0.1) is 0 Å². The molecule has 3 rings (SSSR count). The first-order chi connectivity index (χ1) is 9.69. The van der Waals surface area contributed by atoms with E-state index in [0.29, 0.717) is 17.9 Å². The molecule has 3 N–H and O–H groups in total. The number of fused-ring (bicyclic) bond motifs is 1. The summed E-state index contributed by atoms with van der Waals surface area (Å²) in [6.45, 7) is 0.531. The maximum atomic E-state index is 8.83. The van der Waals surface area contributed by atoms with Gasteiger partial charge in [-0.05, 0) is 24.3 Å². The van der Waals surface area contributed by atoms with Crippen molar-refractivity contribution in [2.75, 3.05) is 0 Å². The van der Waals surface area contributed by atoms with Crippen LogP contribution in [0.1, 0.15) is 10.6 Å². The third-order valence-electron chi connectivity index (χ3n) is 2.79. The minimum absolute atomic E-state index is 0.0361. The van der Waals surface area contributed by atoms with E-state index >= 15 is 0 Å². The number of hydrogen-bond acceptors (Lipinski definition) is 5. The lowest BCUT2D eigenvalue weighted by molar-refractivity contribution is 0.318. The fourth-order valence-corrected chi connectivity index (χ4v) is 3.01. The minimum Gasteiger partial charge on any atom is -0.409 e. The smallest absolute Gasteiger partial charge is 0.191 e. The monoisotopic (exact) mass is 307 g/mol. The van der Waals surface area contributed by atoms with Crippen LogP contribution in [0.5, 0.6) is 0 Å². The SMILES string of the molecule is N/C(=N\O)c1nn(Cc2ccc(Cl)s2)c2ncccc12. The van der Waals surface area contributed by atoms with E-state index in [-0.39, 0.29) is 5.84 Å². The van der Waals surface area contributed by atoms with E-state index in [1.807, 2.05) is 18.2 Å². The predicted molar refractivity (Wildman–Crippen MR) is 78.5 cm³/mol. The van der Waals surface area contributed by atoms with Gasteiger partial charge in [-0.25, -0.2) is 9.67 Å². The van der Waals surface area contributed by atoms with Crippen molar-refractivity contribution in [2.45, 2.75) is 6.54 Å². The summed E-state index contributed by atoms with van der Waals surface area (Å²) in [5.41, 5.74) is 6.74. The topological polar surface area (TPSA) is 89.3 Å². The molecule has 0 saturated heterocycles. The minimum atomic E-state index is -0.0361. The molecule has 8 heteroatoms. The number of hydrogen-bond donors (Lipinski definition) is 2. The van der Waals surface area contributed by atoms with Crippen molar-refractivity contribution in [3.8, 4) is 0 Å². The highest BCUT2D eigenvalue weighted by Crippen LogP contribution is 2.24. The number of rotatable bonds is 3. The number of nitrogens with two attached hydrogens (primary N) is 1. The molecule has 0 aliphatic rings. The van der Waals surface area contributed by atoms with Crippen molar-refractivity contribution >= 4 is 39.8 Å². The molecule has 3 heterocycles. The second-order valence-corrected chi connectivity index (χ2v) is 5.87.